The molecule has 0 spiro atoms. The van der Waals surface area contributed by atoms with Crippen molar-refractivity contribution in [1.82, 2.24) is 0 Å². The summed E-state index contributed by atoms with van der Waals surface area (Å²) in [6.07, 6.45) is 0. The van der Waals surface area contributed by atoms with Gasteiger partial charge in [0, 0.05) is 91.2 Å². The molecule has 4 heteroatoms. The minimum Gasteiger partial charge on any atom is 0 e. The summed E-state index contributed by atoms with van der Waals surface area (Å²) >= 11 is 0. The summed E-state index contributed by atoms with van der Waals surface area (Å²) in [5, 5.41) is 0. The summed E-state index contributed by atoms with van der Waals surface area (Å²) in [6, 6.07) is 0. The van der Waals surface area contributed by atoms with Crippen molar-refractivity contribution in [1.29, 1.82) is 0 Å². The van der Waals surface area contributed by atoms with E-state index in [1.165, 1.54) is 0 Å². The van der Waals surface area contributed by atoms with E-state index in [4.69, 9.17) is 0 Å². The molecule has 0 aliphatic carbocycles. The summed E-state index contributed by atoms with van der Waals surface area (Å²) in [6.45, 7) is 0. The third-order valence-corrected chi connectivity index (χ3v) is 0. The van der Waals surface area contributed by atoms with Gasteiger partial charge in [-0.1, -0.05) is 0 Å². The summed E-state index contributed by atoms with van der Waals surface area (Å²) in [4.78, 5) is 0. The molecule has 0 aromatic carbocycles. The first-order valence-corrected chi connectivity index (χ1v) is 0. The van der Waals surface area contributed by atoms with Gasteiger partial charge in [0.1, 0.15) is 0 Å². The van der Waals surface area contributed by atoms with Crippen LogP contribution in [0.15, 0.2) is 0 Å². The fraction of sp³-hybridized carbons (Fsp3) is 0. The van der Waals surface area contributed by atoms with E-state index in [-0.39, 0.29) is 91.2 Å². The second kappa shape index (κ2) is 16.9. The van der Waals surface area contributed by atoms with E-state index in [1.54, 1.807) is 0 Å². The molecule has 0 unspecified atom stereocenters. The van der Waals surface area contributed by atoms with Crippen LogP contribution in [0, 0.1) is 40.8 Å². The molecule has 0 rings (SSSR count). The zero-order valence-corrected chi connectivity index (χ0v) is 7.84. The molecule has 0 fully saturated rings. The molecule has 0 heterocycles. The van der Waals surface area contributed by atoms with Gasteiger partial charge in [-0.05, 0) is 0 Å². The van der Waals surface area contributed by atoms with E-state index in [9.17, 15) is 0 Å². The van der Waals surface area contributed by atoms with Gasteiger partial charge in [-0.2, -0.15) is 0 Å². The smallest absolute Gasteiger partial charge is 0 e. The van der Waals surface area contributed by atoms with Gasteiger partial charge in [-0.15, -0.1) is 0 Å². The van der Waals surface area contributed by atoms with Gasteiger partial charge < -0.3 is 0 Å². The summed E-state index contributed by atoms with van der Waals surface area (Å²) in [5.74, 6) is 0. The van der Waals surface area contributed by atoms with Crippen LogP contribution in [0.25, 0.3) is 0 Å². The third kappa shape index (κ3) is 8.85. The molecule has 0 nitrogen and oxygen atoms in total. The van der Waals surface area contributed by atoms with Gasteiger partial charge in [0.25, 0.3) is 0 Å². The van der Waals surface area contributed by atoms with E-state index in [1.807, 2.05) is 0 Å². The minimum absolute atomic E-state index is 0. The second-order valence-electron chi connectivity index (χ2n) is 0. The van der Waals surface area contributed by atoms with E-state index < -0.39 is 0 Å². The first-order valence-electron chi connectivity index (χ1n) is 0. The Morgan fingerprint density at radius 2 is 1.00 bits per heavy atom. The van der Waals surface area contributed by atoms with Crippen molar-refractivity contribution in [3.63, 3.8) is 0 Å². The van der Waals surface area contributed by atoms with Crippen LogP contribution in [0.1, 0.15) is 0 Å². The second-order valence-corrected chi connectivity index (χ2v) is 0. The van der Waals surface area contributed by atoms with Crippen molar-refractivity contribution in [2.75, 3.05) is 0 Å². The Hall–Kier alpha value is 2.87. The number of hydrogen-bond donors (Lipinski definition) is 0. The first kappa shape index (κ1) is 28.7. The number of hydrogen-bond acceptors (Lipinski definition) is 0. The Balaban J connectivity index is 0. The van der Waals surface area contributed by atoms with E-state index in [0.717, 1.165) is 0 Å². The van der Waals surface area contributed by atoms with Gasteiger partial charge >= 0.3 is 0 Å². The molecular formula is CoFeNdNi. The molecule has 0 atom stereocenters. The normalized spacial score (nSPS) is 0. The van der Waals surface area contributed by atoms with Crippen LogP contribution in [-0.2, 0) is 50.3 Å². The molecule has 0 bridgehead atoms. The Labute approximate surface area is 89.4 Å². The fourth-order valence-corrected chi connectivity index (χ4v) is 0. The van der Waals surface area contributed by atoms with Crippen LogP contribution in [0.4, 0.5) is 0 Å². The zero-order valence-electron chi connectivity index (χ0n) is 1.50. The van der Waals surface area contributed by atoms with Crippen LogP contribution < -0.4 is 0 Å². The standard InChI is InChI=1S/Co.Fe.Nd.Ni. The maximum atomic E-state index is 0. The van der Waals surface area contributed by atoms with Gasteiger partial charge in [0.05, 0.1) is 0 Å². The van der Waals surface area contributed by atoms with Crippen LogP contribution >= 0.6 is 0 Å². The monoisotopic (exact) mass is 315 g/mol. The van der Waals surface area contributed by atoms with Crippen molar-refractivity contribution < 1.29 is 91.2 Å². The third-order valence-electron chi connectivity index (χ3n) is 0. The molecule has 1 radical (unpaired) electrons. The van der Waals surface area contributed by atoms with E-state index in [0.29, 0.717) is 0 Å². The largest absolute Gasteiger partial charge is 0 e. The molecular weight excluding hydrogens is 318 g/mol. The SMILES string of the molecule is [Co].[Fe].[Nd].[Ni]. The average molecular weight is 318 g/mol. The molecule has 0 aromatic rings. The Morgan fingerprint density at radius 1 is 1.00 bits per heavy atom. The Bertz CT molecular complexity index is 8.00. The predicted octanol–water partition coefficient (Wildman–Crippen LogP) is -0.00750. The molecule has 0 aliphatic rings. The molecule has 0 amide bonds. The maximum Gasteiger partial charge on any atom is 0 e. The van der Waals surface area contributed by atoms with Crippen molar-refractivity contribution >= 4 is 0 Å². The molecule has 0 aromatic heterocycles. The molecule has 0 aliphatic heterocycles. The Kier molecular flexibility index (Phi) is 121. The van der Waals surface area contributed by atoms with Gasteiger partial charge in [0.15, 0.2) is 0 Å². The van der Waals surface area contributed by atoms with Crippen LogP contribution in [0.2, 0.25) is 0 Å². The molecule has 31 valence electrons. The average Bonchev–Trinajstić information content (AvgIpc) is 0. The first-order chi connectivity index (χ1) is 0. The fourth-order valence-electron chi connectivity index (χ4n) is 0. The maximum absolute atomic E-state index is 0. The minimum atomic E-state index is 0. The van der Waals surface area contributed by atoms with Crippen molar-refractivity contribution in [2.45, 2.75) is 0 Å². The van der Waals surface area contributed by atoms with Gasteiger partial charge in [-0.25, -0.2) is 0 Å². The van der Waals surface area contributed by atoms with Crippen LogP contribution in [-0.4, -0.2) is 0 Å². The molecule has 4 heavy (non-hydrogen) atoms. The van der Waals surface area contributed by atoms with Crippen LogP contribution in [0.5, 0.6) is 0 Å². The summed E-state index contributed by atoms with van der Waals surface area (Å²) < 4.78 is 0. The molecule has 0 saturated carbocycles. The van der Waals surface area contributed by atoms with Gasteiger partial charge in [-0.3, -0.25) is 0 Å². The van der Waals surface area contributed by atoms with Crippen molar-refractivity contribution in [3.8, 4) is 0 Å². The zero-order chi connectivity index (χ0) is 0. The molecule has 0 N–H and O–H groups in total. The quantitative estimate of drug-likeness (QED) is 0.552. The number of rotatable bonds is 0. The van der Waals surface area contributed by atoms with Crippen molar-refractivity contribution in [3.05, 3.63) is 0 Å². The van der Waals surface area contributed by atoms with Gasteiger partial charge in [0.2, 0.25) is 0 Å². The predicted molar refractivity (Wildman–Crippen MR) is 0 cm³/mol. The molecule has 0 saturated heterocycles. The van der Waals surface area contributed by atoms with E-state index >= 15 is 0 Å². The van der Waals surface area contributed by atoms with Crippen LogP contribution in [0.3, 0.4) is 0 Å². The van der Waals surface area contributed by atoms with Crippen molar-refractivity contribution in [2.24, 2.45) is 0 Å². The summed E-state index contributed by atoms with van der Waals surface area (Å²) in [7, 11) is 0. The Morgan fingerprint density at radius 3 is 1.00 bits per heavy atom. The van der Waals surface area contributed by atoms with E-state index in [2.05, 4.69) is 0 Å². The summed E-state index contributed by atoms with van der Waals surface area (Å²) in [5.41, 5.74) is 0. The topological polar surface area (TPSA) is 0 Å².